The molecule has 1 heteroatoms. The molecule has 0 aliphatic carbocycles. The summed E-state index contributed by atoms with van der Waals surface area (Å²) in [6.07, 6.45) is 4.01. The highest BCUT2D eigenvalue weighted by molar-refractivity contribution is 5.99. The summed E-state index contributed by atoms with van der Waals surface area (Å²) in [5.41, 5.74) is 12.9. The fourth-order valence-corrected chi connectivity index (χ4v) is 2.66. The molecule has 0 saturated carbocycles. The van der Waals surface area contributed by atoms with Gasteiger partial charge >= 0.3 is 0 Å². The smallest absolute Gasteiger partial charge is 0.0467 e. The van der Waals surface area contributed by atoms with Crippen molar-refractivity contribution in [2.24, 2.45) is 0 Å². The lowest BCUT2D eigenvalue weighted by atomic mass is 9.97. The molecule has 0 heterocycles. The zero-order valence-corrected chi connectivity index (χ0v) is 13.6. The number of benzene rings is 3. The SMILES string of the molecule is C=C(C)/C=C\c1ccc2ccc(-c3ccc(C)cc3)cc2c1N. The maximum Gasteiger partial charge on any atom is 0.0467 e. The summed E-state index contributed by atoms with van der Waals surface area (Å²) >= 11 is 0. The Kier molecular flexibility index (Phi) is 4.03. The molecule has 0 unspecified atom stereocenters. The highest BCUT2D eigenvalue weighted by atomic mass is 14.6. The van der Waals surface area contributed by atoms with Crippen molar-refractivity contribution in [3.8, 4) is 11.1 Å². The van der Waals surface area contributed by atoms with Crippen LogP contribution >= 0.6 is 0 Å². The zero-order valence-electron chi connectivity index (χ0n) is 13.6. The first-order valence-corrected chi connectivity index (χ1v) is 7.77. The molecule has 0 aromatic heterocycles. The third-order valence-corrected chi connectivity index (χ3v) is 4.03. The highest BCUT2D eigenvalue weighted by Crippen LogP contribution is 2.30. The van der Waals surface area contributed by atoms with Gasteiger partial charge in [-0.3, -0.25) is 0 Å². The van der Waals surface area contributed by atoms with E-state index in [1.54, 1.807) is 0 Å². The van der Waals surface area contributed by atoms with Gasteiger partial charge in [0.1, 0.15) is 0 Å². The van der Waals surface area contributed by atoms with Crippen LogP contribution in [0.1, 0.15) is 18.1 Å². The molecule has 3 aromatic carbocycles. The summed E-state index contributed by atoms with van der Waals surface area (Å²) in [6, 6.07) is 19.2. The summed E-state index contributed by atoms with van der Waals surface area (Å²) in [5.74, 6) is 0. The molecule has 0 saturated heterocycles. The molecule has 0 radical (unpaired) electrons. The number of allylic oxidation sites excluding steroid dienone is 2. The van der Waals surface area contributed by atoms with E-state index in [1.807, 2.05) is 19.1 Å². The van der Waals surface area contributed by atoms with Crippen LogP contribution in [0.3, 0.4) is 0 Å². The minimum absolute atomic E-state index is 0.814. The van der Waals surface area contributed by atoms with E-state index >= 15 is 0 Å². The number of aryl methyl sites for hydroxylation is 1. The molecule has 2 N–H and O–H groups in total. The van der Waals surface area contributed by atoms with Gasteiger partial charge in [-0.2, -0.15) is 0 Å². The maximum absolute atomic E-state index is 6.40. The number of fused-ring (bicyclic) bond motifs is 1. The lowest BCUT2D eigenvalue weighted by molar-refractivity contribution is 1.47. The molecule has 0 spiro atoms. The van der Waals surface area contributed by atoms with Crippen molar-refractivity contribution in [3.63, 3.8) is 0 Å². The van der Waals surface area contributed by atoms with Crippen molar-refractivity contribution < 1.29 is 0 Å². The summed E-state index contributed by atoms with van der Waals surface area (Å²) in [6.45, 7) is 7.97. The maximum atomic E-state index is 6.40. The van der Waals surface area contributed by atoms with Crippen LogP contribution in [-0.4, -0.2) is 0 Å². The third kappa shape index (κ3) is 3.19. The van der Waals surface area contributed by atoms with Crippen LogP contribution in [0.2, 0.25) is 0 Å². The first-order valence-electron chi connectivity index (χ1n) is 7.77. The molecule has 0 bridgehead atoms. The van der Waals surface area contributed by atoms with Gasteiger partial charge in [-0.1, -0.05) is 78.4 Å². The number of anilines is 1. The predicted molar refractivity (Wildman–Crippen MR) is 102 cm³/mol. The molecule has 1 nitrogen and oxygen atoms in total. The third-order valence-electron chi connectivity index (χ3n) is 4.03. The Bertz CT molecular complexity index is 899. The van der Waals surface area contributed by atoms with Crippen molar-refractivity contribution in [2.75, 3.05) is 5.73 Å². The molecule has 0 aliphatic rings. The van der Waals surface area contributed by atoms with Crippen molar-refractivity contribution in [1.29, 1.82) is 0 Å². The molecule has 23 heavy (non-hydrogen) atoms. The van der Waals surface area contributed by atoms with E-state index < -0.39 is 0 Å². The number of rotatable bonds is 3. The number of nitrogens with two attached hydrogens (primary N) is 1. The molecule has 0 aliphatic heterocycles. The molecular weight excluding hydrogens is 278 g/mol. The topological polar surface area (TPSA) is 26.0 Å². The Hall–Kier alpha value is -2.80. The monoisotopic (exact) mass is 299 g/mol. The van der Waals surface area contributed by atoms with E-state index in [0.29, 0.717) is 0 Å². The second-order valence-electron chi connectivity index (χ2n) is 6.05. The predicted octanol–water partition coefficient (Wildman–Crippen LogP) is 5.99. The van der Waals surface area contributed by atoms with E-state index in [-0.39, 0.29) is 0 Å². The van der Waals surface area contributed by atoms with Crippen molar-refractivity contribution in [2.45, 2.75) is 13.8 Å². The van der Waals surface area contributed by atoms with Crippen LogP contribution in [0, 0.1) is 6.92 Å². The first-order chi connectivity index (χ1) is 11.0. The molecular formula is C22H21N. The standard InChI is InChI=1S/C22H21N/c1-15(2)4-7-19-12-10-18-11-13-20(14-21(18)22(19)23)17-8-5-16(3)6-9-17/h4-14H,1,23H2,2-3H3/b7-4-. The normalized spacial score (nSPS) is 11.2. The van der Waals surface area contributed by atoms with Crippen LogP contribution in [0.4, 0.5) is 5.69 Å². The molecule has 0 atom stereocenters. The Morgan fingerprint density at radius 1 is 0.957 bits per heavy atom. The second-order valence-corrected chi connectivity index (χ2v) is 6.05. The Morgan fingerprint density at radius 2 is 1.61 bits per heavy atom. The van der Waals surface area contributed by atoms with Gasteiger partial charge in [-0.25, -0.2) is 0 Å². The van der Waals surface area contributed by atoms with Crippen LogP contribution in [0.15, 0.2) is 72.8 Å². The van der Waals surface area contributed by atoms with Crippen molar-refractivity contribution in [1.82, 2.24) is 0 Å². The van der Waals surface area contributed by atoms with E-state index in [1.165, 1.54) is 16.7 Å². The summed E-state index contributed by atoms with van der Waals surface area (Å²) in [5, 5.41) is 2.25. The van der Waals surface area contributed by atoms with E-state index in [2.05, 4.69) is 68.1 Å². The van der Waals surface area contributed by atoms with Crippen LogP contribution < -0.4 is 5.73 Å². The Labute approximate surface area is 137 Å². The lowest BCUT2D eigenvalue weighted by Crippen LogP contribution is -1.92. The summed E-state index contributed by atoms with van der Waals surface area (Å²) < 4.78 is 0. The summed E-state index contributed by atoms with van der Waals surface area (Å²) in [4.78, 5) is 0. The Balaban J connectivity index is 2.12. The van der Waals surface area contributed by atoms with Gasteiger partial charge in [0.05, 0.1) is 0 Å². The van der Waals surface area contributed by atoms with Gasteiger partial charge in [-0.05, 0) is 42.0 Å². The van der Waals surface area contributed by atoms with Gasteiger partial charge in [0, 0.05) is 11.1 Å². The highest BCUT2D eigenvalue weighted by Gasteiger charge is 2.05. The number of nitrogen functional groups attached to an aromatic ring is 1. The van der Waals surface area contributed by atoms with Crippen LogP contribution in [0.25, 0.3) is 28.0 Å². The van der Waals surface area contributed by atoms with Crippen LogP contribution in [0.5, 0.6) is 0 Å². The molecule has 3 aromatic rings. The van der Waals surface area contributed by atoms with E-state index in [0.717, 1.165) is 27.6 Å². The quantitative estimate of drug-likeness (QED) is 0.467. The number of hydrogen-bond donors (Lipinski definition) is 1. The minimum Gasteiger partial charge on any atom is -0.398 e. The fourth-order valence-electron chi connectivity index (χ4n) is 2.66. The van der Waals surface area contributed by atoms with Crippen LogP contribution in [-0.2, 0) is 0 Å². The van der Waals surface area contributed by atoms with Gasteiger partial charge in [0.15, 0.2) is 0 Å². The van der Waals surface area contributed by atoms with Gasteiger partial charge < -0.3 is 5.73 Å². The van der Waals surface area contributed by atoms with E-state index in [9.17, 15) is 0 Å². The van der Waals surface area contributed by atoms with Crippen molar-refractivity contribution >= 4 is 22.5 Å². The molecule has 0 fully saturated rings. The first kappa shape index (κ1) is 15.1. The average molecular weight is 299 g/mol. The molecule has 114 valence electrons. The lowest BCUT2D eigenvalue weighted by Gasteiger charge is -2.09. The number of hydrogen-bond acceptors (Lipinski definition) is 1. The minimum atomic E-state index is 0.814. The molecule has 3 rings (SSSR count). The summed E-state index contributed by atoms with van der Waals surface area (Å²) in [7, 11) is 0. The van der Waals surface area contributed by atoms with E-state index in [4.69, 9.17) is 5.73 Å². The average Bonchev–Trinajstić information content (AvgIpc) is 2.55. The fraction of sp³-hybridized carbons (Fsp3) is 0.0909. The molecule has 0 amide bonds. The zero-order chi connectivity index (χ0) is 16.4. The van der Waals surface area contributed by atoms with Gasteiger partial charge in [-0.15, -0.1) is 0 Å². The van der Waals surface area contributed by atoms with Crippen molar-refractivity contribution in [3.05, 3.63) is 84.0 Å². The second kappa shape index (κ2) is 6.13. The Morgan fingerprint density at radius 3 is 2.30 bits per heavy atom. The largest absolute Gasteiger partial charge is 0.398 e. The van der Waals surface area contributed by atoms with Gasteiger partial charge in [0.2, 0.25) is 0 Å². The van der Waals surface area contributed by atoms with Gasteiger partial charge in [0.25, 0.3) is 0 Å².